The van der Waals surface area contributed by atoms with E-state index in [9.17, 15) is 0 Å². The molecule has 0 N–H and O–H groups in total. The molecule has 7 rings (SSSR count). The average Bonchev–Trinajstić information content (AvgIpc) is 3.22. The number of hydrogen-bond acceptors (Lipinski definition) is 2. The van der Waals surface area contributed by atoms with Crippen LogP contribution in [0.25, 0.3) is 60.3 Å². The number of aromatic nitrogens is 3. The quantitative estimate of drug-likeness (QED) is 0.138. The van der Waals surface area contributed by atoms with Gasteiger partial charge in [-0.1, -0.05) is 72.3 Å². The number of nitrogens with zero attached hydrogens (tertiary/aromatic N) is 3. The molecule has 0 spiro atoms. The molecule has 2 heterocycles. The van der Waals surface area contributed by atoms with E-state index in [1.165, 1.54) is 21.8 Å². The van der Waals surface area contributed by atoms with Gasteiger partial charge in [0.25, 0.3) is 0 Å². The van der Waals surface area contributed by atoms with Crippen molar-refractivity contribution in [2.75, 3.05) is 0 Å². The summed E-state index contributed by atoms with van der Waals surface area (Å²) in [5.41, 5.74) is 6.50. The van der Waals surface area contributed by atoms with Crippen LogP contribution in [-0.4, -0.2) is 14.5 Å². The maximum absolute atomic E-state index is 6.51. The minimum atomic E-state index is 0.151. The lowest BCUT2D eigenvalue weighted by atomic mass is 9.98. The van der Waals surface area contributed by atoms with E-state index in [1.54, 1.807) is 0 Å². The first-order valence-corrected chi connectivity index (χ1v) is 12.1. The Morgan fingerprint density at radius 2 is 1.26 bits per heavy atom. The van der Waals surface area contributed by atoms with Gasteiger partial charge in [-0.2, -0.15) is 0 Å². The lowest BCUT2D eigenvalue weighted by Gasteiger charge is -2.10. The molecule has 0 amide bonds. The molecule has 0 bridgehead atoms. The lowest BCUT2D eigenvalue weighted by molar-refractivity contribution is 1.18. The fraction of sp³-hybridized carbons (Fsp3) is 0. The predicted molar refractivity (Wildman–Crippen MR) is 147 cm³/mol. The summed E-state index contributed by atoms with van der Waals surface area (Å²) in [5, 5.41) is 5.86. The zero-order chi connectivity index (χ0) is 23.5. The van der Waals surface area contributed by atoms with Crippen molar-refractivity contribution in [2.24, 2.45) is 0 Å². The number of benzene rings is 5. The molecule has 0 radical (unpaired) electrons. The monoisotopic (exact) mass is 489 g/mol. The summed E-state index contributed by atoms with van der Waals surface area (Å²) < 4.78 is 2.32. The first kappa shape index (κ1) is 20.5. The summed E-state index contributed by atoms with van der Waals surface area (Å²) in [6.07, 6.45) is 0. The van der Waals surface area contributed by atoms with Crippen molar-refractivity contribution in [1.82, 2.24) is 14.5 Å². The molecule has 7 aromatic rings. The van der Waals surface area contributed by atoms with Gasteiger partial charge in [-0.25, -0.2) is 9.97 Å². The van der Waals surface area contributed by atoms with E-state index in [2.05, 4.69) is 99.5 Å². The van der Waals surface area contributed by atoms with Gasteiger partial charge in [0.05, 0.1) is 16.6 Å². The second kappa shape index (κ2) is 7.81. The zero-order valence-electron chi connectivity index (χ0n) is 18.4. The molecule has 5 aromatic carbocycles. The van der Waals surface area contributed by atoms with Gasteiger partial charge >= 0.3 is 0 Å². The molecule has 0 aliphatic carbocycles. The summed E-state index contributed by atoms with van der Waals surface area (Å²) in [4.78, 5) is 8.54. The van der Waals surface area contributed by atoms with Gasteiger partial charge in [0.2, 0.25) is 5.28 Å². The molecular formula is C30H17Cl2N3. The van der Waals surface area contributed by atoms with Crippen LogP contribution >= 0.6 is 23.2 Å². The molecule has 0 aliphatic heterocycles. The van der Waals surface area contributed by atoms with Gasteiger partial charge in [-0.3, -0.25) is 0 Å². The lowest BCUT2D eigenvalue weighted by Crippen LogP contribution is -1.92. The van der Waals surface area contributed by atoms with Crippen molar-refractivity contribution >= 4 is 66.7 Å². The van der Waals surface area contributed by atoms with Crippen LogP contribution in [0, 0.1) is 0 Å². The van der Waals surface area contributed by atoms with Gasteiger partial charge in [-0.15, -0.1) is 0 Å². The number of halogens is 2. The molecular weight excluding hydrogens is 473 g/mol. The van der Waals surface area contributed by atoms with Crippen LogP contribution in [0.15, 0.2) is 103 Å². The maximum Gasteiger partial charge on any atom is 0.224 e. The molecule has 0 saturated heterocycles. The second-order valence-corrected chi connectivity index (χ2v) is 9.30. The standard InChI is InChI=1S/C30H17Cl2N3/c31-29-28-23-16-19(11-10-18(23)12-14-25(28)33-30(32)34-29)20-13-15-27-24(17-20)22-8-4-5-9-26(22)35(27)21-6-2-1-3-7-21/h1-17H. The molecule has 0 fully saturated rings. The van der Waals surface area contributed by atoms with Crippen LogP contribution in [-0.2, 0) is 0 Å². The fourth-order valence-corrected chi connectivity index (χ4v) is 5.56. The van der Waals surface area contributed by atoms with E-state index in [1.807, 2.05) is 18.2 Å². The Kier molecular flexibility index (Phi) is 4.56. The summed E-state index contributed by atoms with van der Waals surface area (Å²) in [6, 6.07) is 36.1. The molecule has 5 heteroatoms. The van der Waals surface area contributed by atoms with Crippen LogP contribution < -0.4 is 0 Å². The molecule has 0 unspecified atom stereocenters. The van der Waals surface area contributed by atoms with E-state index in [4.69, 9.17) is 23.2 Å². The smallest absolute Gasteiger partial charge is 0.224 e. The Labute approximate surface area is 211 Å². The highest BCUT2D eigenvalue weighted by Crippen LogP contribution is 2.37. The van der Waals surface area contributed by atoms with Crippen LogP contribution in [0.5, 0.6) is 0 Å². The normalized spacial score (nSPS) is 11.7. The highest BCUT2D eigenvalue weighted by Gasteiger charge is 2.14. The van der Waals surface area contributed by atoms with Crippen LogP contribution in [0.3, 0.4) is 0 Å². The van der Waals surface area contributed by atoms with Gasteiger partial charge in [0.1, 0.15) is 5.15 Å². The van der Waals surface area contributed by atoms with Crippen molar-refractivity contribution in [1.29, 1.82) is 0 Å². The predicted octanol–water partition coefficient (Wildman–Crippen LogP) is 8.85. The number of rotatable bonds is 2. The number of para-hydroxylation sites is 2. The summed E-state index contributed by atoms with van der Waals surface area (Å²) >= 11 is 12.5. The van der Waals surface area contributed by atoms with Crippen LogP contribution in [0.2, 0.25) is 10.4 Å². The fourth-order valence-electron chi connectivity index (χ4n) is 5.07. The highest BCUT2D eigenvalue weighted by molar-refractivity contribution is 6.38. The molecule has 0 saturated carbocycles. The first-order valence-electron chi connectivity index (χ1n) is 11.3. The molecule has 35 heavy (non-hydrogen) atoms. The van der Waals surface area contributed by atoms with E-state index < -0.39 is 0 Å². The third-order valence-electron chi connectivity index (χ3n) is 6.63. The van der Waals surface area contributed by atoms with Crippen molar-refractivity contribution in [2.45, 2.75) is 0 Å². The largest absolute Gasteiger partial charge is 0.309 e. The molecule has 166 valence electrons. The number of hydrogen-bond donors (Lipinski definition) is 0. The van der Waals surface area contributed by atoms with E-state index in [-0.39, 0.29) is 5.28 Å². The van der Waals surface area contributed by atoms with Gasteiger partial charge in [0, 0.05) is 21.8 Å². The van der Waals surface area contributed by atoms with Gasteiger partial charge in [-0.05, 0) is 76.0 Å². The second-order valence-electron chi connectivity index (χ2n) is 8.60. The Morgan fingerprint density at radius 1 is 0.571 bits per heavy atom. The van der Waals surface area contributed by atoms with E-state index in [0.717, 1.165) is 38.5 Å². The number of fused-ring (bicyclic) bond motifs is 6. The van der Waals surface area contributed by atoms with E-state index >= 15 is 0 Å². The third-order valence-corrected chi connectivity index (χ3v) is 7.07. The van der Waals surface area contributed by atoms with Gasteiger partial charge < -0.3 is 4.57 Å². The average molecular weight is 490 g/mol. The van der Waals surface area contributed by atoms with Gasteiger partial charge in [0.15, 0.2) is 0 Å². The Bertz CT molecular complexity index is 1920. The maximum atomic E-state index is 6.51. The third kappa shape index (κ3) is 3.20. The van der Waals surface area contributed by atoms with Crippen LogP contribution in [0.1, 0.15) is 0 Å². The van der Waals surface area contributed by atoms with Crippen molar-refractivity contribution < 1.29 is 0 Å². The zero-order valence-corrected chi connectivity index (χ0v) is 19.9. The minimum absolute atomic E-state index is 0.151. The summed E-state index contributed by atoms with van der Waals surface area (Å²) in [5.74, 6) is 0. The van der Waals surface area contributed by atoms with Crippen molar-refractivity contribution in [3.05, 3.63) is 114 Å². The topological polar surface area (TPSA) is 30.7 Å². The summed E-state index contributed by atoms with van der Waals surface area (Å²) in [6.45, 7) is 0. The molecule has 0 atom stereocenters. The first-order chi connectivity index (χ1) is 17.2. The van der Waals surface area contributed by atoms with Crippen molar-refractivity contribution in [3.8, 4) is 16.8 Å². The molecule has 0 aliphatic rings. The highest BCUT2D eigenvalue weighted by atomic mass is 35.5. The minimum Gasteiger partial charge on any atom is -0.309 e. The SMILES string of the molecule is Clc1nc(Cl)c2c(ccc3ccc(-c4ccc5c(c4)c4ccccc4n5-c4ccccc4)cc32)n1. The molecule has 2 aromatic heterocycles. The Balaban J connectivity index is 1.49. The molecule has 3 nitrogen and oxygen atoms in total. The summed E-state index contributed by atoms with van der Waals surface area (Å²) in [7, 11) is 0. The Morgan fingerprint density at radius 3 is 2.11 bits per heavy atom. The Hall–Kier alpha value is -3.92. The van der Waals surface area contributed by atoms with Crippen LogP contribution in [0.4, 0.5) is 0 Å². The van der Waals surface area contributed by atoms with E-state index in [0.29, 0.717) is 5.15 Å². The van der Waals surface area contributed by atoms with Crippen molar-refractivity contribution in [3.63, 3.8) is 0 Å².